The normalized spacial score (nSPS) is 11.5. The fraction of sp³-hybridized carbons (Fsp3) is 0.545. The van der Waals surface area contributed by atoms with Crippen LogP contribution in [0.1, 0.15) is 52.0 Å². The van der Waals surface area contributed by atoms with E-state index in [1.807, 2.05) is 31.2 Å². The Labute approximate surface area is 183 Å². The summed E-state index contributed by atoms with van der Waals surface area (Å²) >= 11 is 0. The molecule has 1 atom stereocenters. The predicted molar refractivity (Wildman–Crippen MR) is 120 cm³/mol. The van der Waals surface area contributed by atoms with E-state index in [2.05, 4.69) is 35.1 Å². The molecule has 1 aromatic rings. The predicted octanol–water partition coefficient (Wildman–Crippen LogP) is 1.67. The molecule has 1 aromatic carbocycles. The van der Waals surface area contributed by atoms with Crippen LogP contribution in [0.2, 0.25) is 0 Å². The molecule has 0 fully saturated rings. The SMILES string of the molecule is CCCC(=O)NCC(=O)NC(CCCNC(N)=O)C(=O)Nc1ccc(CC(C)C)cc1. The molecule has 31 heavy (non-hydrogen) atoms. The van der Waals surface area contributed by atoms with E-state index < -0.39 is 18.0 Å². The minimum Gasteiger partial charge on any atom is -0.352 e. The summed E-state index contributed by atoms with van der Waals surface area (Å²) in [5.74, 6) is -0.513. The monoisotopic (exact) mass is 433 g/mol. The summed E-state index contributed by atoms with van der Waals surface area (Å²) in [6.07, 6.45) is 2.70. The second-order valence-corrected chi connectivity index (χ2v) is 7.86. The molecule has 172 valence electrons. The van der Waals surface area contributed by atoms with Crippen molar-refractivity contribution in [1.29, 1.82) is 0 Å². The molecule has 1 rings (SSSR count). The van der Waals surface area contributed by atoms with Gasteiger partial charge < -0.3 is 27.0 Å². The van der Waals surface area contributed by atoms with E-state index in [1.165, 1.54) is 5.56 Å². The Hall–Kier alpha value is -3.10. The van der Waals surface area contributed by atoms with Gasteiger partial charge in [-0.15, -0.1) is 0 Å². The largest absolute Gasteiger partial charge is 0.352 e. The van der Waals surface area contributed by atoms with Gasteiger partial charge in [0.1, 0.15) is 6.04 Å². The summed E-state index contributed by atoms with van der Waals surface area (Å²) in [5, 5.41) is 10.4. The number of anilines is 1. The Balaban J connectivity index is 2.69. The summed E-state index contributed by atoms with van der Waals surface area (Å²) in [6.45, 7) is 6.23. The molecule has 0 aromatic heterocycles. The van der Waals surface area contributed by atoms with Crippen LogP contribution in [-0.4, -0.2) is 42.9 Å². The van der Waals surface area contributed by atoms with E-state index in [9.17, 15) is 19.2 Å². The first-order valence-corrected chi connectivity index (χ1v) is 10.7. The van der Waals surface area contributed by atoms with E-state index in [1.54, 1.807) is 0 Å². The summed E-state index contributed by atoms with van der Waals surface area (Å²) in [4.78, 5) is 47.3. The lowest BCUT2D eigenvalue weighted by molar-refractivity contribution is -0.128. The van der Waals surface area contributed by atoms with Crippen LogP contribution in [0, 0.1) is 5.92 Å². The Morgan fingerprint density at radius 3 is 2.26 bits per heavy atom. The van der Waals surface area contributed by atoms with Crippen molar-refractivity contribution >= 4 is 29.4 Å². The van der Waals surface area contributed by atoms with Crippen LogP contribution in [0.15, 0.2) is 24.3 Å². The van der Waals surface area contributed by atoms with Gasteiger partial charge in [-0.3, -0.25) is 14.4 Å². The lowest BCUT2D eigenvalue weighted by Crippen LogP contribution is -2.47. The molecular weight excluding hydrogens is 398 g/mol. The highest BCUT2D eigenvalue weighted by Crippen LogP contribution is 2.14. The molecule has 0 radical (unpaired) electrons. The third-order valence-electron chi connectivity index (χ3n) is 4.41. The zero-order valence-corrected chi connectivity index (χ0v) is 18.6. The first-order chi connectivity index (χ1) is 14.7. The number of nitrogens with one attached hydrogen (secondary N) is 4. The van der Waals surface area contributed by atoms with Gasteiger partial charge in [0.05, 0.1) is 6.54 Å². The van der Waals surface area contributed by atoms with Gasteiger partial charge >= 0.3 is 6.03 Å². The van der Waals surface area contributed by atoms with Crippen LogP contribution >= 0.6 is 0 Å². The van der Waals surface area contributed by atoms with Crippen LogP contribution < -0.4 is 27.0 Å². The molecule has 1 unspecified atom stereocenters. The number of urea groups is 1. The van der Waals surface area contributed by atoms with E-state index in [-0.39, 0.29) is 24.9 Å². The lowest BCUT2D eigenvalue weighted by Gasteiger charge is -2.19. The third kappa shape index (κ3) is 11.6. The molecule has 0 bridgehead atoms. The van der Waals surface area contributed by atoms with E-state index in [0.29, 0.717) is 37.3 Å². The topological polar surface area (TPSA) is 142 Å². The third-order valence-corrected chi connectivity index (χ3v) is 4.41. The molecule has 0 heterocycles. The Kier molecular flexibility index (Phi) is 11.7. The number of hydrogen-bond donors (Lipinski definition) is 5. The minimum absolute atomic E-state index is 0.202. The zero-order valence-electron chi connectivity index (χ0n) is 18.6. The molecule has 5 amide bonds. The number of primary amides is 1. The maximum absolute atomic E-state index is 12.8. The van der Waals surface area contributed by atoms with Crippen LogP contribution in [0.3, 0.4) is 0 Å². The number of rotatable bonds is 13. The molecule has 0 aliphatic rings. The van der Waals surface area contributed by atoms with Gasteiger partial charge in [0.15, 0.2) is 0 Å². The molecule has 0 aliphatic carbocycles. The van der Waals surface area contributed by atoms with Gasteiger partial charge in [0, 0.05) is 18.7 Å². The fourth-order valence-corrected chi connectivity index (χ4v) is 2.95. The Morgan fingerprint density at radius 1 is 1.00 bits per heavy atom. The zero-order chi connectivity index (χ0) is 23.2. The standard InChI is InChI=1S/C22H35N5O4/c1-4-6-19(28)25-14-20(29)27-18(7-5-12-24-22(23)31)21(30)26-17-10-8-16(9-11-17)13-15(2)3/h8-11,15,18H,4-7,12-14H2,1-3H3,(H,25,28)(H,26,30)(H,27,29)(H3,23,24,31). The van der Waals surface area contributed by atoms with Crippen molar-refractivity contribution in [3.8, 4) is 0 Å². The Morgan fingerprint density at radius 2 is 1.68 bits per heavy atom. The highest BCUT2D eigenvalue weighted by atomic mass is 16.2. The minimum atomic E-state index is -0.819. The summed E-state index contributed by atoms with van der Waals surface area (Å²) in [7, 11) is 0. The highest BCUT2D eigenvalue weighted by molar-refractivity contribution is 5.97. The average molecular weight is 434 g/mol. The van der Waals surface area contributed by atoms with Crippen molar-refractivity contribution in [3.63, 3.8) is 0 Å². The molecule has 9 heteroatoms. The smallest absolute Gasteiger partial charge is 0.312 e. The van der Waals surface area contributed by atoms with Gasteiger partial charge in [-0.1, -0.05) is 32.9 Å². The van der Waals surface area contributed by atoms with Crippen LogP contribution in [-0.2, 0) is 20.8 Å². The van der Waals surface area contributed by atoms with Crippen LogP contribution in [0.5, 0.6) is 0 Å². The molecular formula is C22H35N5O4. The summed E-state index contributed by atoms with van der Waals surface area (Å²) in [5.41, 5.74) is 6.85. The van der Waals surface area contributed by atoms with Crippen molar-refractivity contribution in [2.75, 3.05) is 18.4 Å². The van der Waals surface area contributed by atoms with Gasteiger partial charge in [-0.25, -0.2) is 4.79 Å². The first kappa shape index (κ1) is 25.9. The van der Waals surface area contributed by atoms with Gasteiger partial charge in [-0.2, -0.15) is 0 Å². The molecule has 9 nitrogen and oxygen atoms in total. The highest BCUT2D eigenvalue weighted by Gasteiger charge is 2.21. The van der Waals surface area contributed by atoms with Gasteiger partial charge in [0.25, 0.3) is 0 Å². The number of carbonyl (C=O) groups excluding carboxylic acids is 4. The maximum atomic E-state index is 12.8. The number of nitrogens with two attached hydrogens (primary N) is 1. The van der Waals surface area contributed by atoms with Crippen molar-refractivity contribution < 1.29 is 19.2 Å². The van der Waals surface area contributed by atoms with Crippen molar-refractivity contribution in [1.82, 2.24) is 16.0 Å². The fourth-order valence-electron chi connectivity index (χ4n) is 2.95. The van der Waals surface area contributed by atoms with E-state index in [4.69, 9.17) is 5.73 Å². The summed E-state index contributed by atoms with van der Waals surface area (Å²) < 4.78 is 0. The molecule has 6 N–H and O–H groups in total. The number of amides is 5. The second kappa shape index (κ2) is 14.0. The van der Waals surface area contributed by atoms with Crippen molar-refractivity contribution in [3.05, 3.63) is 29.8 Å². The average Bonchev–Trinajstić information content (AvgIpc) is 2.69. The van der Waals surface area contributed by atoms with Crippen molar-refractivity contribution in [2.45, 2.75) is 58.9 Å². The second-order valence-electron chi connectivity index (χ2n) is 7.86. The maximum Gasteiger partial charge on any atom is 0.312 e. The van der Waals surface area contributed by atoms with Gasteiger partial charge in [-0.05, 0) is 49.3 Å². The van der Waals surface area contributed by atoms with Gasteiger partial charge in [0.2, 0.25) is 17.7 Å². The number of carbonyl (C=O) groups is 4. The molecule has 0 saturated heterocycles. The molecule has 0 spiro atoms. The van der Waals surface area contributed by atoms with E-state index >= 15 is 0 Å². The quantitative estimate of drug-likeness (QED) is 0.302. The summed E-state index contributed by atoms with van der Waals surface area (Å²) in [6, 6.07) is 6.11. The number of benzene rings is 1. The van der Waals surface area contributed by atoms with Crippen LogP contribution in [0.4, 0.5) is 10.5 Å². The molecule has 0 saturated carbocycles. The van der Waals surface area contributed by atoms with Crippen LogP contribution in [0.25, 0.3) is 0 Å². The lowest BCUT2D eigenvalue weighted by atomic mass is 10.0. The van der Waals surface area contributed by atoms with Crippen molar-refractivity contribution in [2.24, 2.45) is 11.7 Å². The first-order valence-electron chi connectivity index (χ1n) is 10.7. The Bertz CT molecular complexity index is 734. The number of hydrogen-bond acceptors (Lipinski definition) is 4. The van der Waals surface area contributed by atoms with E-state index in [0.717, 1.165) is 6.42 Å². The molecule has 0 aliphatic heterocycles.